The second-order valence-electron chi connectivity index (χ2n) is 5.29. The van der Waals surface area contributed by atoms with Crippen LogP contribution in [0.1, 0.15) is 0 Å². The van der Waals surface area contributed by atoms with E-state index in [0.717, 1.165) is 0 Å². The van der Waals surface area contributed by atoms with Crippen molar-refractivity contribution in [1.82, 2.24) is 0 Å². The summed E-state index contributed by atoms with van der Waals surface area (Å²) in [4.78, 5) is 0. The average Bonchev–Trinajstić information content (AvgIpc) is 2.57. The second kappa shape index (κ2) is 9.15. The third kappa shape index (κ3) is 4.78. The Labute approximate surface area is 131 Å². The van der Waals surface area contributed by atoms with E-state index in [-0.39, 0.29) is 0 Å². The van der Waals surface area contributed by atoms with E-state index >= 15 is 0 Å². The van der Waals surface area contributed by atoms with E-state index in [2.05, 4.69) is 0 Å². The van der Waals surface area contributed by atoms with Gasteiger partial charge in [-0.05, 0) is 0 Å². The number of hydrogen-bond acceptors (Lipinski definition) is 11. The quantitative estimate of drug-likeness (QED) is 0.203. The highest BCUT2D eigenvalue weighted by Crippen LogP contribution is 2.24. The van der Waals surface area contributed by atoms with Crippen LogP contribution in [-0.2, 0) is 9.47 Å². The Kier molecular flexibility index (Phi) is 8.20. The summed E-state index contributed by atoms with van der Waals surface area (Å²) in [5.41, 5.74) is 0. The van der Waals surface area contributed by atoms with Crippen molar-refractivity contribution in [2.24, 2.45) is 0 Å². The van der Waals surface area contributed by atoms with Crippen LogP contribution in [0.15, 0.2) is 0 Å². The molecule has 9 N–H and O–H groups in total. The zero-order valence-electron chi connectivity index (χ0n) is 12.2. The standard InChI is InChI=1S/C12H24O11/c13-1-4(16)7(18)11(5(17)2-14)23-12-10(21)9(20)8(19)6(3-15)22-12/h4-21H,1-3H2/t4?,5?,6-,7?,8+,9+,10-,11?,12-/m1/s1. The summed E-state index contributed by atoms with van der Waals surface area (Å²) in [5, 5.41) is 84.9. The molecule has 0 aliphatic carbocycles. The lowest BCUT2D eigenvalue weighted by Crippen LogP contribution is -2.61. The van der Waals surface area contributed by atoms with Crippen molar-refractivity contribution in [3.8, 4) is 0 Å². The maximum atomic E-state index is 9.83. The van der Waals surface area contributed by atoms with Crippen LogP contribution in [0.25, 0.3) is 0 Å². The molecule has 0 bridgehead atoms. The van der Waals surface area contributed by atoms with E-state index in [1.54, 1.807) is 0 Å². The zero-order chi connectivity index (χ0) is 17.7. The molecule has 11 heteroatoms. The second-order valence-corrected chi connectivity index (χ2v) is 5.29. The van der Waals surface area contributed by atoms with Gasteiger partial charge in [-0.1, -0.05) is 0 Å². The van der Waals surface area contributed by atoms with Crippen molar-refractivity contribution >= 4 is 0 Å². The molecule has 0 aromatic rings. The average molecular weight is 344 g/mol. The molecule has 0 saturated carbocycles. The van der Waals surface area contributed by atoms with Gasteiger partial charge in [-0.25, -0.2) is 0 Å². The monoisotopic (exact) mass is 344 g/mol. The van der Waals surface area contributed by atoms with Gasteiger partial charge in [-0.3, -0.25) is 0 Å². The van der Waals surface area contributed by atoms with Crippen molar-refractivity contribution in [1.29, 1.82) is 0 Å². The first-order valence-corrected chi connectivity index (χ1v) is 7.00. The lowest BCUT2D eigenvalue weighted by molar-refractivity contribution is -0.327. The SMILES string of the molecule is OCC(O)C(O)C(O[C@H]1O[C@H](CO)[C@H](O)[C@H](O)[C@H]1O)C(O)CO. The highest BCUT2D eigenvalue weighted by atomic mass is 16.7. The minimum absolute atomic E-state index is 0.708. The summed E-state index contributed by atoms with van der Waals surface area (Å²) < 4.78 is 10.1. The van der Waals surface area contributed by atoms with E-state index in [1.807, 2.05) is 0 Å². The highest BCUT2D eigenvalue weighted by molar-refractivity contribution is 4.91. The number of hydrogen-bond donors (Lipinski definition) is 9. The lowest BCUT2D eigenvalue weighted by atomic mass is 9.98. The largest absolute Gasteiger partial charge is 0.394 e. The molecule has 1 aliphatic rings. The van der Waals surface area contributed by atoms with E-state index in [0.29, 0.717) is 0 Å². The van der Waals surface area contributed by atoms with Crippen LogP contribution < -0.4 is 0 Å². The molecule has 1 rings (SSSR count). The smallest absolute Gasteiger partial charge is 0.187 e. The van der Waals surface area contributed by atoms with Crippen LogP contribution in [0.5, 0.6) is 0 Å². The summed E-state index contributed by atoms with van der Waals surface area (Å²) in [6.45, 7) is -2.45. The number of rotatable bonds is 8. The van der Waals surface area contributed by atoms with Crippen molar-refractivity contribution < 1.29 is 55.4 Å². The first-order valence-electron chi connectivity index (χ1n) is 7.00. The Morgan fingerprint density at radius 1 is 0.826 bits per heavy atom. The van der Waals surface area contributed by atoms with Gasteiger partial charge in [0.05, 0.1) is 19.8 Å². The molecule has 11 nitrogen and oxygen atoms in total. The van der Waals surface area contributed by atoms with Crippen molar-refractivity contribution in [3.63, 3.8) is 0 Å². The van der Waals surface area contributed by atoms with Gasteiger partial charge in [0.1, 0.15) is 48.8 Å². The van der Waals surface area contributed by atoms with Crippen LogP contribution >= 0.6 is 0 Å². The number of ether oxygens (including phenoxy) is 2. The molecule has 0 aromatic carbocycles. The molecule has 1 fully saturated rings. The lowest BCUT2D eigenvalue weighted by Gasteiger charge is -2.42. The molecule has 0 spiro atoms. The predicted molar refractivity (Wildman–Crippen MR) is 70.8 cm³/mol. The van der Waals surface area contributed by atoms with Gasteiger partial charge in [-0.15, -0.1) is 0 Å². The summed E-state index contributed by atoms with van der Waals surface area (Å²) >= 11 is 0. The van der Waals surface area contributed by atoms with E-state index in [1.165, 1.54) is 0 Å². The first kappa shape index (κ1) is 20.6. The maximum absolute atomic E-state index is 9.83. The minimum atomic E-state index is -1.85. The van der Waals surface area contributed by atoms with Crippen molar-refractivity contribution in [3.05, 3.63) is 0 Å². The van der Waals surface area contributed by atoms with Gasteiger partial charge < -0.3 is 55.4 Å². The first-order chi connectivity index (χ1) is 10.8. The third-order valence-electron chi connectivity index (χ3n) is 3.62. The Bertz CT molecular complexity index is 341. The molecule has 1 aliphatic heterocycles. The Hall–Kier alpha value is -0.440. The van der Waals surface area contributed by atoms with E-state index < -0.39 is 74.9 Å². The summed E-state index contributed by atoms with van der Waals surface area (Å²) in [6, 6.07) is 0. The molecule has 4 unspecified atom stereocenters. The van der Waals surface area contributed by atoms with Gasteiger partial charge in [-0.2, -0.15) is 0 Å². The Balaban J connectivity index is 2.89. The molecule has 23 heavy (non-hydrogen) atoms. The molecule has 0 radical (unpaired) electrons. The van der Waals surface area contributed by atoms with Crippen molar-refractivity contribution in [2.75, 3.05) is 19.8 Å². The van der Waals surface area contributed by atoms with Crippen LogP contribution in [0, 0.1) is 0 Å². The van der Waals surface area contributed by atoms with E-state index in [9.17, 15) is 30.6 Å². The Morgan fingerprint density at radius 2 is 1.39 bits per heavy atom. The van der Waals surface area contributed by atoms with E-state index in [4.69, 9.17) is 24.8 Å². The predicted octanol–water partition coefficient (Wildman–Crippen LogP) is -5.76. The number of aliphatic hydroxyl groups excluding tert-OH is 9. The van der Waals surface area contributed by atoms with Crippen molar-refractivity contribution in [2.45, 2.75) is 55.1 Å². The molecule has 1 saturated heterocycles. The van der Waals surface area contributed by atoms with Crippen LogP contribution in [-0.4, -0.2) is 121 Å². The van der Waals surface area contributed by atoms with Crippen LogP contribution in [0.2, 0.25) is 0 Å². The van der Waals surface area contributed by atoms with Crippen LogP contribution in [0.3, 0.4) is 0 Å². The molecule has 1 heterocycles. The highest BCUT2D eigenvalue weighted by Gasteiger charge is 2.46. The molecule has 138 valence electrons. The normalized spacial score (nSPS) is 37.2. The molecule has 9 atom stereocenters. The Morgan fingerprint density at radius 3 is 1.87 bits per heavy atom. The number of aliphatic hydroxyl groups is 9. The third-order valence-corrected chi connectivity index (χ3v) is 3.62. The van der Waals surface area contributed by atoms with Gasteiger partial charge in [0.15, 0.2) is 6.29 Å². The molecule has 0 aromatic heterocycles. The fraction of sp³-hybridized carbons (Fsp3) is 1.00. The van der Waals surface area contributed by atoms with Gasteiger partial charge in [0.25, 0.3) is 0 Å². The summed E-state index contributed by atoms with van der Waals surface area (Å²) in [7, 11) is 0. The summed E-state index contributed by atoms with van der Waals surface area (Å²) in [5.74, 6) is 0. The zero-order valence-corrected chi connectivity index (χ0v) is 12.2. The van der Waals surface area contributed by atoms with Gasteiger partial charge >= 0.3 is 0 Å². The van der Waals surface area contributed by atoms with Gasteiger partial charge in [0, 0.05) is 0 Å². The topological polar surface area (TPSA) is 201 Å². The fourth-order valence-corrected chi connectivity index (χ4v) is 2.16. The van der Waals surface area contributed by atoms with Crippen LogP contribution in [0.4, 0.5) is 0 Å². The molecule has 0 amide bonds. The summed E-state index contributed by atoms with van der Waals surface area (Å²) in [6.07, 6.45) is -15.1. The maximum Gasteiger partial charge on any atom is 0.187 e. The molecular weight excluding hydrogens is 320 g/mol. The molecular formula is C12H24O11. The van der Waals surface area contributed by atoms with Gasteiger partial charge in [0.2, 0.25) is 0 Å². The minimum Gasteiger partial charge on any atom is -0.394 e. The fourth-order valence-electron chi connectivity index (χ4n) is 2.16.